The number of rotatable bonds is 9. The number of ether oxygens (including phenoxy) is 2. The number of pyridine rings is 1. The highest BCUT2D eigenvalue weighted by Gasteiger charge is 2.08. The fourth-order valence-electron chi connectivity index (χ4n) is 3.46. The number of fused-ring (bicyclic) bond motifs is 1. The van der Waals surface area contributed by atoms with Gasteiger partial charge in [0.2, 0.25) is 0 Å². The zero-order valence-corrected chi connectivity index (χ0v) is 20.5. The van der Waals surface area contributed by atoms with Crippen molar-refractivity contribution in [2.24, 2.45) is 0 Å². The molecule has 2 amide bonds. The van der Waals surface area contributed by atoms with Gasteiger partial charge >= 0.3 is 6.09 Å². The molecule has 1 aromatic heterocycles. The summed E-state index contributed by atoms with van der Waals surface area (Å²) in [5.41, 5.74) is 2.96. The van der Waals surface area contributed by atoms with E-state index < -0.39 is 6.09 Å². The molecule has 0 spiro atoms. The second-order valence-corrected chi connectivity index (χ2v) is 8.61. The number of carbonyl (C=O) groups is 2. The first kappa shape index (κ1) is 24.4. The van der Waals surface area contributed by atoms with Crippen molar-refractivity contribution in [3.05, 3.63) is 101 Å². The Kier molecular flexibility index (Phi) is 8.43. The van der Waals surface area contributed by atoms with Gasteiger partial charge in [-0.3, -0.25) is 15.1 Å². The fourth-order valence-corrected chi connectivity index (χ4v) is 3.82. The summed E-state index contributed by atoms with van der Waals surface area (Å²) in [6.45, 7) is 0.952. The Balaban J connectivity index is 1.14. The number of anilines is 2. The van der Waals surface area contributed by atoms with Gasteiger partial charge in [0.05, 0.1) is 24.5 Å². The zero-order chi connectivity index (χ0) is 24.5. The standard InChI is InChI=1S/C27H24BrN3O4/c28-22-16-21(17-29-18-22)26(32)30-23-10-8-19(9-11-23)12-13-34-14-15-35-27(33)31-25-7-3-5-20-4-1-2-6-24(20)25/h1-11,16-18H,12-15H2,(H,30,32)(H,31,33). The van der Waals surface area contributed by atoms with E-state index >= 15 is 0 Å². The molecule has 0 saturated heterocycles. The first-order valence-corrected chi connectivity index (χ1v) is 11.9. The van der Waals surface area contributed by atoms with Crippen molar-refractivity contribution < 1.29 is 19.1 Å². The van der Waals surface area contributed by atoms with E-state index in [2.05, 4.69) is 31.5 Å². The molecule has 4 aromatic rings. The molecule has 35 heavy (non-hydrogen) atoms. The second-order valence-electron chi connectivity index (χ2n) is 7.69. The molecule has 0 unspecified atom stereocenters. The smallest absolute Gasteiger partial charge is 0.411 e. The number of hydrogen-bond acceptors (Lipinski definition) is 5. The predicted molar refractivity (Wildman–Crippen MR) is 140 cm³/mol. The minimum Gasteiger partial charge on any atom is -0.447 e. The molecule has 178 valence electrons. The summed E-state index contributed by atoms with van der Waals surface area (Å²) in [6, 6.07) is 22.8. The van der Waals surface area contributed by atoms with E-state index in [9.17, 15) is 9.59 Å². The molecule has 0 aliphatic heterocycles. The lowest BCUT2D eigenvalue weighted by Crippen LogP contribution is -2.17. The van der Waals surface area contributed by atoms with Crippen LogP contribution < -0.4 is 10.6 Å². The van der Waals surface area contributed by atoms with Crippen LogP contribution in [0, 0.1) is 0 Å². The lowest BCUT2D eigenvalue weighted by Gasteiger charge is -2.10. The van der Waals surface area contributed by atoms with Crippen LogP contribution in [0.3, 0.4) is 0 Å². The summed E-state index contributed by atoms with van der Waals surface area (Å²) in [5.74, 6) is -0.223. The summed E-state index contributed by atoms with van der Waals surface area (Å²) in [6.07, 6.45) is 3.33. The number of nitrogens with zero attached hydrogens (tertiary/aromatic N) is 1. The van der Waals surface area contributed by atoms with Crippen molar-refractivity contribution in [3.63, 3.8) is 0 Å². The monoisotopic (exact) mass is 533 g/mol. The van der Waals surface area contributed by atoms with Crippen molar-refractivity contribution in [1.82, 2.24) is 4.98 Å². The van der Waals surface area contributed by atoms with Crippen molar-refractivity contribution in [2.45, 2.75) is 6.42 Å². The van der Waals surface area contributed by atoms with Gasteiger partial charge in [0.1, 0.15) is 6.61 Å². The van der Waals surface area contributed by atoms with E-state index in [1.165, 1.54) is 6.20 Å². The molecule has 3 aromatic carbocycles. The number of carbonyl (C=O) groups excluding carboxylic acids is 2. The van der Waals surface area contributed by atoms with Crippen molar-refractivity contribution in [1.29, 1.82) is 0 Å². The number of amides is 2. The maximum Gasteiger partial charge on any atom is 0.411 e. The van der Waals surface area contributed by atoms with Gasteiger partial charge in [0.15, 0.2) is 0 Å². The van der Waals surface area contributed by atoms with E-state index in [0.717, 1.165) is 20.8 Å². The van der Waals surface area contributed by atoms with E-state index in [-0.39, 0.29) is 12.5 Å². The molecule has 0 saturated carbocycles. The second kappa shape index (κ2) is 12.1. The average molecular weight is 534 g/mol. The van der Waals surface area contributed by atoms with E-state index in [4.69, 9.17) is 9.47 Å². The normalized spacial score (nSPS) is 10.7. The van der Waals surface area contributed by atoms with Crippen LogP contribution in [0.25, 0.3) is 10.8 Å². The molecule has 8 heteroatoms. The predicted octanol–water partition coefficient (Wildman–Crippen LogP) is 6.06. The van der Waals surface area contributed by atoms with Crippen LogP contribution in [0.1, 0.15) is 15.9 Å². The van der Waals surface area contributed by atoms with Gasteiger partial charge in [0, 0.05) is 27.9 Å². The minimum absolute atomic E-state index is 0.159. The Bertz CT molecular complexity index is 1310. The van der Waals surface area contributed by atoms with Crippen LogP contribution in [-0.2, 0) is 15.9 Å². The summed E-state index contributed by atoms with van der Waals surface area (Å²) in [7, 11) is 0. The Hall–Kier alpha value is -3.75. The Labute approximate surface area is 211 Å². The van der Waals surface area contributed by atoms with Gasteiger partial charge in [-0.2, -0.15) is 0 Å². The maximum absolute atomic E-state index is 12.3. The Morgan fingerprint density at radius 2 is 1.66 bits per heavy atom. The van der Waals surface area contributed by atoms with Crippen LogP contribution in [0.2, 0.25) is 0 Å². The van der Waals surface area contributed by atoms with Gasteiger partial charge < -0.3 is 14.8 Å². The molecule has 0 fully saturated rings. The fraction of sp³-hybridized carbons (Fsp3) is 0.148. The van der Waals surface area contributed by atoms with Gasteiger partial charge in [0.25, 0.3) is 5.91 Å². The topological polar surface area (TPSA) is 89.5 Å². The summed E-state index contributed by atoms with van der Waals surface area (Å²) in [5, 5.41) is 7.63. The SMILES string of the molecule is O=C(Nc1cccc2ccccc12)OCCOCCc1ccc(NC(=O)c2cncc(Br)c2)cc1. The first-order valence-electron chi connectivity index (χ1n) is 11.1. The average Bonchev–Trinajstić information content (AvgIpc) is 2.87. The molecule has 0 aliphatic rings. The largest absolute Gasteiger partial charge is 0.447 e. The minimum atomic E-state index is -0.513. The van der Waals surface area contributed by atoms with Crippen LogP contribution in [-0.4, -0.2) is 36.8 Å². The number of aromatic nitrogens is 1. The first-order chi connectivity index (χ1) is 17.1. The van der Waals surface area contributed by atoms with Crippen LogP contribution in [0.5, 0.6) is 0 Å². The lowest BCUT2D eigenvalue weighted by atomic mass is 10.1. The van der Waals surface area contributed by atoms with Crippen LogP contribution in [0.4, 0.5) is 16.2 Å². The molecule has 4 rings (SSSR count). The Morgan fingerprint density at radius 3 is 2.49 bits per heavy atom. The molecule has 7 nitrogen and oxygen atoms in total. The van der Waals surface area contributed by atoms with Crippen molar-refractivity contribution >= 4 is 50.1 Å². The summed E-state index contributed by atoms with van der Waals surface area (Å²) >= 11 is 3.31. The molecule has 1 heterocycles. The molecule has 0 radical (unpaired) electrons. The highest BCUT2D eigenvalue weighted by atomic mass is 79.9. The number of halogens is 1. The van der Waals surface area contributed by atoms with E-state index in [1.807, 2.05) is 66.7 Å². The Morgan fingerprint density at radius 1 is 0.857 bits per heavy atom. The molecular weight excluding hydrogens is 510 g/mol. The lowest BCUT2D eigenvalue weighted by molar-refractivity contribution is 0.0798. The van der Waals surface area contributed by atoms with Gasteiger partial charge in [-0.1, -0.05) is 48.5 Å². The third kappa shape index (κ3) is 7.11. The van der Waals surface area contributed by atoms with Crippen molar-refractivity contribution in [2.75, 3.05) is 30.5 Å². The number of hydrogen-bond donors (Lipinski definition) is 2. The van der Waals surface area contributed by atoms with E-state index in [1.54, 1.807) is 12.3 Å². The molecule has 0 atom stereocenters. The molecule has 0 bridgehead atoms. The number of nitrogens with one attached hydrogen (secondary N) is 2. The third-order valence-corrected chi connectivity index (χ3v) is 5.63. The zero-order valence-electron chi connectivity index (χ0n) is 18.9. The highest BCUT2D eigenvalue weighted by Crippen LogP contribution is 2.23. The number of benzene rings is 3. The van der Waals surface area contributed by atoms with E-state index in [0.29, 0.717) is 36.6 Å². The summed E-state index contributed by atoms with van der Waals surface area (Å²) < 4.78 is 11.6. The van der Waals surface area contributed by atoms with Crippen LogP contribution >= 0.6 is 15.9 Å². The highest BCUT2D eigenvalue weighted by molar-refractivity contribution is 9.10. The van der Waals surface area contributed by atoms with Gasteiger partial charge in [-0.25, -0.2) is 4.79 Å². The molecular formula is C27H24BrN3O4. The molecule has 2 N–H and O–H groups in total. The quantitative estimate of drug-likeness (QED) is 0.255. The molecule has 0 aliphatic carbocycles. The maximum atomic E-state index is 12.3. The van der Waals surface area contributed by atoms with Crippen LogP contribution in [0.15, 0.2) is 89.7 Å². The van der Waals surface area contributed by atoms with Crippen molar-refractivity contribution in [3.8, 4) is 0 Å². The van der Waals surface area contributed by atoms with Gasteiger partial charge in [-0.15, -0.1) is 0 Å². The third-order valence-electron chi connectivity index (χ3n) is 5.20. The van der Waals surface area contributed by atoms with Gasteiger partial charge in [-0.05, 0) is 57.6 Å². The summed E-state index contributed by atoms with van der Waals surface area (Å²) in [4.78, 5) is 28.4.